The molecule has 2 heterocycles. The van der Waals surface area contributed by atoms with Crippen LogP contribution in [0.4, 0.5) is 0 Å². The van der Waals surface area contributed by atoms with E-state index in [9.17, 15) is 4.79 Å². The molecule has 138 valence electrons. The second-order valence-corrected chi connectivity index (χ2v) is 6.49. The number of nitrogens with zero attached hydrogens (tertiary/aromatic N) is 2. The quantitative estimate of drug-likeness (QED) is 0.704. The van der Waals surface area contributed by atoms with E-state index >= 15 is 0 Å². The molecule has 0 spiro atoms. The van der Waals surface area contributed by atoms with Crippen LogP contribution in [0.2, 0.25) is 0 Å². The fourth-order valence-corrected chi connectivity index (χ4v) is 3.73. The Bertz CT molecular complexity index is 587. The second-order valence-electron chi connectivity index (χ2n) is 6.49. The third-order valence-electron chi connectivity index (χ3n) is 5.08. The molecule has 6 nitrogen and oxygen atoms in total. The zero-order valence-corrected chi connectivity index (χ0v) is 15.2. The van der Waals surface area contributed by atoms with E-state index < -0.39 is 0 Å². The molecule has 0 bridgehead atoms. The molecular formula is C19H28N2O4. The zero-order valence-electron chi connectivity index (χ0n) is 15.2. The molecule has 1 unspecified atom stereocenters. The summed E-state index contributed by atoms with van der Waals surface area (Å²) in [7, 11) is 1.67. The average molecular weight is 348 g/mol. The van der Waals surface area contributed by atoms with E-state index in [4.69, 9.17) is 14.2 Å². The topological polar surface area (TPSA) is 51.2 Å². The number of amides is 1. The van der Waals surface area contributed by atoms with Crippen molar-refractivity contribution in [2.24, 2.45) is 0 Å². The van der Waals surface area contributed by atoms with Crippen LogP contribution in [-0.4, -0.2) is 69.3 Å². The molecule has 2 aliphatic rings. The van der Waals surface area contributed by atoms with Gasteiger partial charge in [-0.25, -0.2) is 0 Å². The number of methoxy groups -OCH3 is 1. The molecule has 25 heavy (non-hydrogen) atoms. The van der Waals surface area contributed by atoms with Gasteiger partial charge in [0, 0.05) is 26.2 Å². The third-order valence-corrected chi connectivity index (χ3v) is 5.08. The number of carbonyl (C=O) groups excluding carboxylic acids is 1. The van der Waals surface area contributed by atoms with E-state index in [1.54, 1.807) is 7.11 Å². The predicted molar refractivity (Wildman–Crippen MR) is 95.3 cm³/mol. The highest BCUT2D eigenvalue weighted by molar-refractivity contribution is 5.55. The fraction of sp³-hybridized carbons (Fsp3) is 0.632. The van der Waals surface area contributed by atoms with Crippen molar-refractivity contribution in [2.45, 2.75) is 25.8 Å². The largest absolute Gasteiger partial charge is 0.493 e. The van der Waals surface area contributed by atoms with Crippen molar-refractivity contribution in [3.63, 3.8) is 0 Å². The van der Waals surface area contributed by atoms with E-state index in [0.29, 0.717) is 6.61 Å². The molecule has 1 amide bonds. The van der Waals surface area contributed by atoms with Crippen molar-refractivity contribution in [3.8, 4) is 11.5 Å². The van der Waals surface area contributed by atoms with Crippen molar-refractivity contribution in [3.05, 3.63) is 23.3 Å². The van der Waals surface area contributed by atoms with Gasteiger partial charge in [-0.15, -0.1) is 0 Å². The van der Waals surface area contributed by atoms with Gasteiger partial charge < -0.3 is 19.1 Å². The van der Waals surface area contributed by atoms with Gasteiger partial charge in [0.1, 0.15) is 0 Å². The molecule has 2 aliphatic heterocycles. The van der Waals surface area contributed by atoms with Crippen LogP contribution >= 0.6 is 0 Å². The normalized spacial score (nSPS) is 20.9. The van der Waals surface area contributed by atoms with Crippen molar-refractivity contribution < 1.29 is 19.0 Å². The number of benzene rings is 1. The summed E-state index contributed by atoms with van der Waals surface area (Å²) in [5.41, 5.74) is 2.45. The van der Waals surface area contributed by atoms with Gasteiger partial charge in [0.15, 0.2) is 11.5 Å². The van der Waals surface area contributed by atoms with Crippen LogP contribution in [0.25, 0.3) is 0 Å². The van der Waals surface area contributed by atoms with E-state index in [-0.39, 0.29) is 6.04 Å². The maximum absolute atomic E-state index is 11.6. The highest BCUT2D eigenvalue weighted by Crippen LogP contribution is 2.39. The summed E-state index contributed by atoms with van der Waals surface area (Å²) >= 11 is 0. The zero-order chi connectivity index (χ0) is 17.6. The average Bonchev–Trinajstić information content (AvgIpc) is 2.66. The lowest BCUT2D eigenvalue weighted by atomic mass is 9.90. The number of hydrogen-bond acceptors (Lipinski definition) is 5. The summed E-state index contributed by atoms with van der Waals surface area (Å²) in [5, 5.41) is 0. The molecule has 6 heteroatoms. The van der Waals surface area contributed by atoms with Crippen LogP contribution in [0.3, 0.4) is 0 Å². The van der Waals surface area contributed by atoms with Crippen LogP contribution in [0.1, 0.15) is 30.5 Å². The van der Waals surface area contributed by atoms with Crippen molar-refractivity contribution in [1.82, 2.24) is 9.80 Å². The first-order valence-corrected chi connectivity index (χ1v) is 9.11. The molecule has 3 rings (SSSR count). The molecular weight excluding hydrogens is 320 g/mol. The molecule has 0 N–H and O–H groups in total. The lowest BCUT2D eigenvalue weighted by Gasteiger charge is -2.37. The molecule has 0 aliphatic carbocycles. The second kappa shape index (κ2) is 8.54. The number of carbonyl (C=O) groups is 1. The van der Waals surface area contributed by atoms with Gasteiger partial charge in [-0.2, -0.15) is 0 Å². The van der Waals surface area contributed by atoms with Crippen LogP contribution in [-0.2, 0) is 16.0 Å². The van der Waals surface area contributed by atoms with Crippen LogP contribution in [0.15, 0.2) is 12.1 Å². The van der Waals surface area contributed by atoms with E-state index in [2.05, 4.69) is 17.0 Å². The number of rotatable bonds is 7. The molecule has 0 aromatic heterocycles. The number of hydrogen-bond donors (Lipinski definition) is 0. The molecule has 0 radical (unpaired) electrons. The SMILES string of the molecule is CCOc1cc2c(cc1OC)CCN(C=O)C2CCN1CCOCC1. The van der Waals surface area contributed by atoms with Crippen molar-refractivity contribution in [2.75, 3.05) is 53.1 Å². The number of morpholine rings is 1. The summed E-state index contributed by atoms with van der Waals surface area (Å²) < 4.78 is 16.6. The molecule has 1 saturated heterocycles. The Morgan fingerprint density at radius 1 is 1.24 bits per heavy atom. The van der Waals surface area contributed by atoms with Crippen LogP contribution in [0.5, 0.6) is 11.5 Å². The Kier molecular flexibility index (Phi) is 6.15. The van der Waals surface area contributed by atoms with Gasteiger partial charge in [-0.3, -0.25) is 9.69 Å². The number of ether oxygens (including phenoxy) is 3. The predicted octanol–water partition coefficient (Wildman–Crippen LogP) is 1.87. The maximum Gasteiger partial charge on any atom is 0.210 e. The van der Waals surface area contributed by atoms with E-state index in [1.807, 2.05) is 11.8 Å². The maximum atomic E-state index is 11.6. The van der Waals surface area contributed by atoms with E-state index in [1.165, 1.54) is 11.1 Å². The molecule has 1 atom stereocenters. The summed E-state index contributed by atoms with van der Waals surface area (Å²) in [5.74, 6) is 1.53. The minimum Gasteiger partial charge on any atom is -0.493 e. The van der Waals surface area contributed by atoms with Gasteiger partial charge in [0.2, 0.25) is 6.41 Å². The van der Waals surface area contributed by atoms with Gasteiger partial charge in [0.05, 0.1) is 33.0 Å². The van der Waals surface area contributed by atoms with Crippen LogP contribution < -0.4 is 9.47 Å². The highest BCUT2D eigenvalue weighted by atomic mass is 16.5. The Morgan fingerprint density at radius 2 is 2.04 bits per heavy atom. The summed E-state index contributed by atoms with van der Waals surface area (Å²) in [6.07, 6.45) is 2.76. The van der Waals surface area contributed by atoms with Crippen molar-refractivity contribution in [1.29, 1.82) is 0 Å². The Labute approximate surface area is 149 Å². The standard InChI is InChI=1S/C19H28N2O4/c1-3-25-19-13-16-15(12-18(19)23-2)4-7-21(14-22)17(16)5-6-20-8-10-24-11-9-20/h12-14,17H,3-11H2,1-2H3. The van der Waals surface area contributed by atoms with Crippen molar-refractivity contribution >= 4 is 6.41 Å². The van der Waals surface area contributed by atoms with Crippen LogP contribution in [0, 0.1) is 0 Å². The minimum absolute atomic E-state index is 0.0919. The molecule has 1 aromatic carbocycles. The first-order chi connectivity index (χ1) is 12.3. The summed E-state index contributed by atoms with van der Waals surface area (Å²) in [6.45, 7) is 7.79. The first-order valence-electron chi connectivity index (χ1n) is 9.11. The first kappa shape index (κ1) is 18.0. The molecule has 1 aromatic rings. The monoisotopic (exact) mass is 348 g/mol. The van der Waals surface area contributed by atoms with E-state index in [0.717, 1.165) is 70.1 Å². The molecule has 0 saturated carbocycles. The van der Waals surface area contributed by atoms with Gasteiger partial charge in [0.25, 0.3) is 0 Å². The fourth-order valence-electron chi connectivity index (χ4n) is 3.73. The number of fused-ring (bicyclic) bond motifs is 1. The third kappa shape index (κ3) is 4.07. The highest BCUT2D eigenvalue weighted by Gasteiger charge is 2.28. The smallest absolute Gasteiger partial charge is 0.210 e. The van der Waals surface area contributed by atoms with Gasteiger partial charge in [-0.05, 0) is 43.0 Å². The van der Waals surface area contributed by atoms with Gasteiger partial charge in [-0.1, -0.05) is 0 Å². The Morgan fingerprint density at radius 3 is 2.72 bits per heavy atom. The Hall–Kier alpha value is -1.79. The Balaban J connectivity index is 1.82. The molecule has 1 fully saturated rings. The lowest BCUT2D eigenvalue weighted by molar-refractivity contribution is -0.121. The summed E-state index contributed by atoms with van der Waals surface area (Å²) in [4.78, 5) is 15.9. The minimum atomic E-state index is 0.0919. The lowest BCUT2D eigenvalue weighted by Crippen LogP contribution is -2.40. The van der Waals surface area contributed by atoms with Gasteiger partial charge >= 0.3 is 0 Å². The summed E-state index contributed by atoms with van der Waals surface area (Å²) in [6, 6.07) is 4.23.